The Morgan fingerprint density at radius 3 is 2.36 bits per heavy atom. The molecule has 0 saturated carbocycles. The minimum atomic E-state index is -0.0160. The summed E-state index contributed by atoms with van der Waals surface area (Å²) >= 11 is 0. The van der Waals surface area contributed by atoms with Gasteiger partial charge >= 0.3 is 0 Å². The lowest BCUT2D eigenvalue weighted by atomic mass is 10.1. The molecule has 6 nitrogen and oxygen atoms in total. The van der Waals surface area contributed by atoms with Crippen molar-refractivity contribution in [2.75, 3.05) is 31.1 Å². The molecule has 0 atom stereocenters. The quantitative estimate of drug-likeness (QED) is 0.731. The Hall–Kier alpha value is -2.73. The Balaban J connectivity index is 1.50. The summed E-state index contributed by atoms with van der Waals surface area (Å²) in [5.41, 5.74) is 2.08. The predicted octanol–water partition coefficient (Wildman–Crippen LogP) is 1.88. The third-order valence-electron chi connectivity index (χ3n) is 4.79. The number of nitrogens with zero attached hydrogens (tertiary/aromatic N) is 5. The van der Waals surface area contributed by atoms with E-state index >= 15 is 0 Å². The van der Waals surface area contributed by atoms with Crippen molar-refractivity contribution in [3.63, 3.8) is 0 Å². The highest BCUT2D eigenvalue weighted by Crippen LogP contribution is 2.15. The van der Waals surface area contributed by atoms with Gasteiger partial charge in [-0.1, -0.05) is 18.2 Å². The van der Waals surface area contributed by atoms with Crippen LogP contribution >= 0.6 is 0 Å². The van der Waals surface area contributed by atoms with Gasteiger partial charge in [-0.3, -0.25) is 14.7 Å². The van der Waals surface area contributed by atoms with Gasteiger partial charge in [-0.25, -0.2) is 4.68 Å². The SMILES string of the molecule is Cc1nn(CN2CCN(c3ccncc3)CC2)c(=O)c2ccccc12. The van der Waals surface area contributed by atoms with Crippen molar-refractivity contribution in [3.8, 4) is 0 Å². The molecular weight excluding hydrogens is 314 g/mol. The first kappa shape index (κ1) is 15.8. The summed E-state index contributed by atoms with van der Waals surface area (Å²) in [6.07, 6.45) is 3.64. The second kappa shape index (κ2) is 6.64. The van der Waals surface area contributed by atoms with Gasteiger partial charge in [-0.15, -0.1) is 0 Å². The Morgan fingerprint density at radius 2 is 1.64 bits per heavy atom. The van der Waals surface area contributed by atoms with Crippen LogP contribution in [0.2, 0.25) is 0 Å². The van der Waals surface area contributed by atoms with E-state index in [1.165, 1.54) is 5.69 Å². The highest BCUT2D eigenvalue weighted by molar-refractivity contribution is 5.83. The van der Waals surface area contributed by atoms with Crippen LogP contribution < -0.4 is 10.5 Å². The first-order valence-corrected chi connectivity index (χ1v) is 8.56. The monoisotopic (exact) mass is 335 g/mol. The summed E-state index contributed by atoms with van der Waals surface area (Å²) in [5, 5.41) is 6.19. The van der Waals surface area contributed by atoms with Crippen LogP contribution in [0, 0.1) is 6.92 Å². The molecule has 0 N–H and O–H groups in total. The zero-order chi connectivity index (χ0) is 17.2. The number of aryl methyl sites for hydroxylation is 1. The summed E-state index contributed by atoms with van der Waals surface area (Å²) in [4.78, 5) is 21.4. The molecule has 6 heteroatoms. The van der Waals surface area contributed by atoms with Gasteiger partial charge in [-0.05, 0) is 25.1 Å². The standard InChI is InChI=1S/C19H21N5O/c1-15-17-4-2-3-5-18(17)19(25)24(21-15)14-22-10-12-23(13-11-22)16-6-8-20-9-7-16/h2-9H,10-14H2,1H3. The molecule has 0 amide bonds. The summed E-state index contributed by atoms with van der Waals surface area (Å²) in [6, 6.07) is 11.8. The minimum absolute atomic E-state index is 0.0160. The number of hydrogen-bond acceptors (Lipinski definition) is 5. The molecule has 1 aliphatic rings. The van der Waals surface area contributed by atoms with Crippen LogP contribution in [0.3, 0.4) is 0 Å². The molecule has 3 aromatic rings. The zero-order valence-electron chi connectivity index (χ0n) is 14.3. The molecule has 4 rings (SSSR count). The van der Waals surface area contributed by atoms with Crippen molar-refractivity contribution in [2.24, 2.45) is 0 Å². The number of aromatic nitrogens is 3. The van der Waals surface area contributed by atoms with Crippen LogP contribution in [0.1, 0.15) is 5.69 Å². The summed E-state index contributed by atoms with van der Waals surface area (Å²) in [6.45, 7) is 6.18. The molecule has 0 radical (unpaired) electrons. The Morgan fingerprint density at radius 1 is 0.960 bits per heavy atom. The molecule has 0 bridgehead atoms. The van der Waals surface area contributed by atoms with Gasteiger partial charge in [0.1, 0.15) is 0 Å². The van der Waals surface area contributed by atoms with Crippen LogP contribution in [-0.2, 0) is 6.67 Å². The Kier molecular flexibility index (Phi) is 4.19. The van der Waals surface area contributed by atoms with Crippen molar-refractivity contribution in [1.82, 2.24) is 19.7 Å². The summed E-state index contributed by atoms with van der Waals surface area (Å²) in [7, 11) is 0. The average molecular weight is 335 g/mol. The molecule has 0 aliphatic carbocycles. The molecule has 1 fully saturated rings. The maximum absolute atomic E-state index is 12.7. The number of anilines is 1. The van der Waals surface area contributed by atoms with E-state index < -0.39 is 0 Å². The topological polar surface area (TPSA) is 54.3 Å². The lowest BCUT2D eigenvalue weighted by Crippen LogP contribution is -2.48. The largest absolute Gasteiger partial charge is 0.369 e. The van der Waals surface area contributed by atoms with Gasteiger partial charge in [-0.2, -0.15) is 5.10 Å². The van der Waals surface area contributed by atoms with Gasteiger partial charge in [0.15, 0.2) is 0 Å². The van der Waals surface area contributed by atoms with Crippen LogP contribution in [0.4, 0.5) is 5.69 Å². The Labute approximate surface area is 146 Å². The number of fused-ring (bicyclic) bond motifs is 1. The molecule has 3 heterocycles. The van der Waals surface area contributed by atoms with Crippen LogP contribution in [0.5, 0.6) is 0 Å². The summed E-state index contributed by atoms with van der Waals surface area (Å²) in [5.74, 6) is 0. The van der Waals surface area contributed by atoms with E-state index in [-0.39, 0.29) is 5.56 Å². The third kappa shape index (κ3) is 3.13. The summed E-state index contributed by atoms with van der Waals surface area (Å²) < 4.78 is 1.60. The smallest absolute Gasteiger partial charge is 0.275 e. The van der Waals surface area contributed by atoms with Gasteiger partial charge in [0, 0.05) is 49.6 Å². The first-order chi connectivity index (χ1) is 12.2. The molecular formula is C19H21N5O. The normalized spacial score (nSPS) is 15.6. The molecule has 1 saturated heterocycles. The van der Waals surface area contributed by atoms with E-state index in [0.29, 0.717) is 6.67 Å². The number of hydrogen-bond donors (Lipinski definition) is 0. The number of piperazine rings is 1. The molecule has 128 valence electrons. The fraction of sp³-hybridized carbons (Fsp3) is 0.316. The van der Waals surface area contributed by atoms with Gasteiger partial charge in [0.25, 0.3) is 5.56 Å². The van der Waals surface area contributed by atoms with Crippen molar-refractivity contribution in [1.29, 1.82) is 0 Å². The highest BCUT2D eigenvalue weighted by Gasteiger charge is 2.18. The van der Waals surface area contributed by atoms with Crippen molar-refractivity contribution >= 4 is 16.5 Å². The van der Waals surface area contributed by atoms with Gasteiger partial charge < -0.3 is 4.90 Å². The minimum Gasteiger partial charge on any atom is -0.369 e. The predicted molar refractivity (Wildman–Crippen MR) is 98.8 cm³/mol. The van der Waals surface area contributed by atoms with E-state index in [1.54, 1.807) is 4.68 Å². The van der Waals surface area contributed by atoms with Crippen LogP contribution in [-0.4, -0.2) is 45.8 Å². The Bertz CT molecular complexity index is 929. The van der Waals surface area contributed by atoms with E-state index in [4.69, 9.17) is 0 Å². The van der Waals surface area contributed by atoms with E-state index in [0.717, 1.165) is 42.6 Å². The van der Waals surface area contributed by atoms with Gasteiger partial charge in [0.05, 0.1) is 17.7 Å². The van der Waals surface area contributed by atoms with Crippen molar-refractivity contribution < 1.29 is 0 Å². The number of pyridine rings is 1. The average Bonchev–Trinajstić information content (AvgIpc) is 2.67. The zero-order valence-corrected chi connectivity index (χ0v) is 14.3. The maximum Gasteiger partial charge on any atom is 0.275 e. The highest BCUT2D eigenvalue weighted by atomic mass is 16.1. The van der Waals surface area contributed by atoms with E-state index in [1.807, 2.05) is 55.7 Å². The van der Waals surface area contributed by atoms with Crippen LogP contribution in [0.15, 0.2) is 53.6 Å². The molecule has 1 aliphatic heterocycles. The van der Waals surface area contributed by atoms with Crippen LogP contribution in [0.25, 0.3) is 10.8 Å². The fourth-order valence-electron chi connectivity index (χ4n) is 3.39. The van der Waals surface area contributed by atoms with Crippen molar-refractivity contribution in [2.45, 2.75) is 13.6 Å². The van der Waals surface area contributed by atoms with Crippen molar-refractivity contribution in [3.05, 3.63) is 64.8 Å². The molecule has 25 heavy (non-hydrogen) atoms. The lowest BCUT2D eigenvalue weighted by molar-refractivity contribution is 0.191. The second-order valence-electron chi connectivity index (χ2n) is 6.39. The molecule has 1 aromatic carbocycles. The molecule has 0 spiro atoms. The number of rotatable bonds is 3. The second-order valence-corrected chi connectivity index (χ2v) is 6.39. The van der Waals surface area contributed by atoms with E-state index in [2.05, 4.69) is 19.9 Å². The maximum atomic E-state index is 12.7. The molecule has 0 unspecified atom stereocenters. The molecule has 2 aromatic heterocycles. The third-order valence-corrected chi connectivity index (χ3v) is 4.79. The first-order valence-electron chi connectivity index (χ1n) is 8.56. The lowest BCUT2D eigenvalue weighted by Gasteiger charge is -2.35. The number of benzene rings is 1. The van der Waals surface area contributed by atoms with E-state index in [9.17, 15) is 4.79 Å². The van der Waals surface area contributed by atoms with Gasteiger partial charge in [0.2, 0.25) is 0 Å². The fourth-order valence-corrected chi connectivity index (χ4v) is 3.39.